The summed E-state index contributed by atoms with van der Waals surface area (Å²) in [6.45, 7) is 6.04. The molecule has 2 aromatic rings. The van der Waals surface area contributed by atoms with Crippen molar-refractivity contribution >= 4 is 23.2 Å². The number of amides is 1. The fraction of sp³-hybridized carbons (Fsp3) is 0.467. The van der Waals surface area contributed by atoms with Crippen molar-refractivity contribution in [2.24, 2.45) is 13.0 Å². The van der Waals surface area contributed by atoms with Crippen LogP contribution in [-0.2, 0) is 24.8 Å². The Balaban J connectivity index is 1.93. The van der Waals surface area contributed by atoms with Crippen LogP contribution < -0.4 is 5.32 Å². The number of thiazole rings is 1. The second-order valence-corrected chi connectivity index (χ2v) is 6.47. The van der Waals surface area contributed by atoms with Crippen molar-refractivity contribution in [3.8, 4) is 0 Å². The molecule has 0 radical (unpaired) electrons. The van der Waals surface area contributed by atoms with E-state index in [1.165, 1.54) is 16.7 Å². The Kier molecular flexibility index (Phi) is 5.15. The second-order valence-electron chi connectivity index (χ2n) is 5.53. The maximum Gasteiger partial charge on any atom is 0.355 e. The van der Waals surface area contributed by atoms with Crippen LogP contribution in [0.2, 0.25) is 0 Å². The molecule has 0 saturated carbocycles. The molecule has 1 amide bonds. The Labute approximate surface area is 138 Å². The van der Waals surface area contributed by atoms with Crippen molar-refractivity contribution in [2.45, 2.75) is 33.7 Å². The Morgan fingerprint density at radius 1 is 1.43 bits per heavy atom. The summed E-state index contributed by atoms with van der Waals surface area (Å²) in [6, 6.07) is 0. The van der Waals surface area contributed by atoms with Crippen molar-refractivity contribution in [1.29, 1.82) is 0 Å². The summed E-state index contributed by atoms with van der Waals surface area (Å²) in [5, 5.41) is 18.0. The molecule has 0 bridgehead atoms. The molecule has 0 aliphatic carbocycles. The van der Waals surface area contributed by atoms with Crippen LogP contribution in [0.1, 0.15) is 39.4 Å². The largest absolute Gasteiger partial charge is 0.476 e. The predicted octanol–water partition coefficient (Wildman–Crippen LogP) is 1.69. The van der Waals surface area contributed by atoms with E-state index in [0.717, 1.165) is 17.0 Å². The molecule has 23 heavy (non-hydrogen) atoms. The van der Waals surface area contributed by atoms with Crippen molar-refractivity contribution < 1.29 is 14.7 Å². The highest BCUT2D eigenvalue weighted by Gasteiger charge is 2.19. The smallest absolute Gasteiger partial charge is 0.355 e. The van der Waals surface area contributed by atoms with E-state index >= 15 is 0 Å². The SMILES string of the molecule is Cc1nn(C)c(C)c1CC(C)C(=O)NCc1nc(C(=O)O)cs1. The first kappa shape index (κ1) is 17.1. The molecule has 124 valence electrons. The second kappa shape index (κ2) is 6.91. The summed E-state index contributed by atoms with van der Waals surface area (Å²) < 4.78 is 1.82. The van der Waals surface area contributed by atoms with Crippen molar-refractivity contribution in [2.75, 3.05) is 0 Å². The standard InChI is InChI=1S/C15H20N4O3S/c1-8(5-11-9(2)18-19(4)10(11)3)14(20)16-6-13-17-12(7-23-13)15(21)22/h7-8H,5-6H2,1-4H3,(H,16,20)(H,21,22). The van der Waals surface area contributed by atoms with Gasteiger partial charge in [-0.25, -0.2) is 9.78 Å². The topological polar surface area (TPSA) is 97.1 Å². The lowest BCUT2D eigenvalue weighted by Crippen LogP contribution is -2.30. The lowest BCUT2D eigenvalue weighted by molar-refractivity contribution is -0.124. The van der Waals surface area contributed by atoms with Crippen molar-refractivity contribution in [1.82, 2.24) is 20.1 Å². The summed E-state index contributed by atoms with van der Waals surface area (Å²) in [5.74, 6) is -1.34. The number of rotatable bonds is 6. The summed E-state index contributed by atoms with van der Waals surface area (Å²) in [5.41, 5.74) is 3.11. The molecule has 2 rings (SSSR count). The fourth-order valence-corrected chi connectivity index (χ4v) is 3.05. The van der Waals surface area contributed by atoms with Gasteiger partial charge in [-0.1, -0.05) is 6.92 Å². The van der Waals surface area contributed by atoms with Gasteiger partial charge in [0.2, 0.25) is 5.91 Å². The number of hydrogen-bond acceptors (Lipinski definition) is 5. The van der Waals surface area contributed by atoms with Crippen LogP contribution in [-0.4, -0.2) is 31.7 Å². The minimum absolute atomic E-state index is 0.00825. The zero-order chi connectivity index (χ0) is 17.1. The number of hydrogen-bond donors (Lipinski definition) is 2. The van der Waals surface area contributed by atoms with Crippen LogP contribution in [0.5, 0.6) is 0 Å². The molecule has 1 atom stereocenters. The zero-order valence-electron chi connectivity index (χ0n) is 13.6. The fourth-order valence-electron chi connectivity index (χ4n) is 2.34. The predicted molar refractivity (Wildman–Crippen MR) is 86.5 cm³/mol. The van der Waals surface area contributed by atoms with E-state index in [1.54, 1.807) is 0 Å². The summed E-state index contributed by atoms with van der Waals surface area (Å²) in [7, 11) is 1.89. The van der Waals surface area contributed by atoms with E-state index in [9.17, 15) is 9.59 Å². The summed E-state index contributed by atoms with van der Waals surface area (Å²) in [4.78, 5) is 26.9. The molecule has 2 aromatic heterocycles. The lowest BCUT2D eigenvalue weighted by Gasteiger charge is -2.12. The van der Waals surface area contributed by atoms with Gasteiger partial charge in [0.25, 0.3) is 0 Å². The average molecular weight is 336 g/mol. The van der Waals surface area contributed by atoms with Crippen molar-refractivity contribution in [3.05, 3.63) is 33.0 Å². The third kappa shape index (κ3) is 3.95. The Hall–Kier alpha value is -2.22. The van der Waals surface area contributed by atoms with E-state index < -0.39 is 5.97 Å². The first-order valence-corrected chi connectivity index (χ1v) is 8.12. The number of nitrogens with zero attached hydrogens (tertiary/aromatic N) is 3. The molecule has 0 aliphatic rings. The van der Waals surface area contributed by atoms with Gasteiger partial charge in [0.1, 0.15) is 5.01 Å². The minimum atomic E-state index is -1.06. The molecule has 0 spiro atoms. The van der Waals surface area contributed by atoms with E-state index in [1.807, 2.05) is 32.5 Å². The maximum atomic E-state index is 12.2. The van der Waals surface area contributed by atoms with Crippen molar-refractivity contribution in [3.63, 3.8) is 0 Å². The van der Waals surface area contributed by atoms with Gasteiger partial charge in [-0.15, -0.1) is 11.3 Å². The molecule has 0 fully saturated rings. The van der Waals surface area contributed by atoms with Gasteiger partial charge >= 0.3 is 5.97 Å². The zero-order valence-corrected chi connectivity index (χ0v) is 14.4. The Morgan fingerprint density at radius 3 is 2.65 bits per heavy atom. The number of carboxylic acid groups (broad SMARTS) is 1. The number of carbonyl (C=O) groups excluding carboxylic acids is 1. The molecule has 0 saturated heterocycles. The normalized spacial score (nSPS) is 12.2. The third-order valence-electron chi connectivity index (χ3n) is 3.80. The van der Waals surface area contributed by atoms with E-state index in [2.05, 4.69) is 15.4 Å². The molecule has 2 N–H and O–H groups in total. The van der Waals surface area contributed by atoms with Crippen LogP contribution in [0.4, 0.5) is 0 Å². The first-order valence-electron chi connectivity index (χ1n) is 7.24. The molecular weight excluding hydrogens is 316 g/mol. The van der Waals surface area contributed by atoms with E-state index in [0.29, 0.717) is 11.4 Å². The van der Waals surface area contributed by atoms with Gasteiger partial charge in [-0.3, -0.25) is 9.48 Å². The number of aromatic nitrogens is 3. The highest BCUT2D eigenvalue weighted by molar-refractivity contribution is 7.09. The molecule has 1 unspecified atom stereocenters. The average Bonchev–Trinajstić information content (AvgIpc) is 3.05. The summed E-state index contributed by atoms with van der Waals surface area (Å²) in [6.07, 6.45) is 0.621. The number of carbonyl (C=O) groups is 2. The van der Waals surface area contributed by atoms with Crippen LogP contribution in [0.15, 0.2) is 5.38 Å². The van der Waals surface area contributed by atoms with Crippen LogP contribution >= 0.6 is 11.3 Å². The number of aryl methyl sites for hydroxylation is 2. The Bertz CT molecular complexity index is 735. The highest BCUT2D eigenvalue weighted by Crippen LogP contribution is 2.17. The Morgan fingerprint density at radius 2 is 2.13 bits per heavy atom. The quantitative estimate of drug-likeness (QED) is 0.836. The maximum absolute atomic E-state index is 12.2. The molecule has 2 heterocycles. The first-order chi connectivity index (χ1) is 10.8. The van der Waals surface area contributed by atoms with Crippen LogP contribution in [0.3, 0.4) is 0 Å². The van der Waals surface area contributed by atoms with Gasteiger partial charge in [0.15, 0.2) is 5.69 Å². The molecule has 8 heteroatoms. The highest BCUT2D eigenvalue weighted by atomic mass is 32.1. The van der Waals surface area contributed by atoms with Crippen LogP contribution in [0, 0.1) is 19.8 Å². The number of aromatic carboxylic acids is 1. The van der Waals surface area contributed by atoms with Gasteiger partial charge in [0.05, 0.1) is 12.2 Å². The van der Waals surface area contributed by atoms with Crippen LogP contribution in [0.25, 0.3) is 0 Å². The van der Waals surface area contributed by atoms with Gasteiger partial charge in [-0.05, 0) is 25.8 Å². The molecule has 0 aromatic carbocycles. The molecule has 0 aliphatic heterocycles. The monoisotopic (exact) mass is 336 g/mol. The van der Waals surface area contributed by atoms with E-state index in [-0.39, 0.29) is 24.1 Å². The molecular formula is C15H20N4O3S. The minimum Gasteiger partial charge on any atom is -0.476 e. The lowest BCUT2D eigenvalue weighted by atomic mass is 9.99. The van der Waals surface area contributed by atoms with Gasteiger partial charge < -0.3 is 10.4 Å². The number of nitrogens with one attached hydrogen (secondary N) is 1. The van der Waals surface area contributed by atoms with Gasteiger partial charge in [-0.2, -0.15) is 5.10 Å². The third-order valence-corrected chi connectivity index (χ3v) is 4.65. The summed E-state index contributed by atoms with van der Waals surface area (Å²) >= 11 is 1.22. The molecule has 7 nitrogen and oxygen atoms in total. The van der Waals surface area contributed by atoms with E-state index in [4.69, 9.17) is 5.11 Å². The number of carboxylic acids is 1. The van der Waals surface area contributed by atoms with Gasteiger partial charge in [0, 0.05) is 24.0 Å².